The number of ether oxygens (including phenoxy) is 1. The molecule has 0 aliphatic rings. The molecule has 0 bridgehead atoms. The second kappa shape index (κ2) is 6.21. The standard InChI is InChI=1S/C15H17N3O3/c1-10-4-6-13(7-5-10)18-14(8-11(2)17-18)16-15(20)9-21-12(3)19/h4-8H,9H2,1-3H3,(H,16,20). The lowest BCUT2D eigenvalue weighted by molar-refractivity contribution is -0.144. The zero-order valence-electron chi connectivity index (χ0n) is 12.2. The van der Waals surface area contributed by atoms with Gasteiger partial charge in [-0.05, 0) is 26.0 Å². The number of aromatic nitrogens is 2. The van der Waals surface area contributed by atoms with Crippen molar-refractivity contribution in [1.82, 2.24) is 9.78 Å². The molecule has 1 N–H and O–H groups in total. The number of benzene rings is 1. The molecule has 0 fully saturated rings. The third kappa shape index (κ3) is 3.92. The van der Waals surface area contributed by atoms with Crippen molar-refractivity contribution in [3.63, 3.8) is 0 Å². The van der Waals surface area contributed by atoms with E-state index in [2.05, 4.69) is 15.2 Å². The summed E-state index contributed by atoms with van der Waals surface area (Å²) in [6, 6.07) is 9.53. The van der Waals surface area contributed by atoms with Crippen LogP contribution >= 0.6 is 0 Å². The number of nitrogens with zero attached hydrogens (tertiary/aromatic N) is 2. The van der Waals surface area contributed by atoms with Crippen molar-refractivity contribution < 1.29 is 14.3 Å². The van der Waals surface area contributed by atoms with Crippen molar-refractivity contribution in [2.75, 3.05) is 11.9 Å². The molecule has 2 rings (SSSR count). The fourth-order valence-corrected chi connectivity index (χ4v) is 1.82. The fraction of sp³-hybridized carbons (Fsp3) is 0.267. The molecule has 0 aliphatic heterocycles. The second-order valence-corrected chi connectivity index (χ2v) is 4.75. The third-order valence-electron chi connectivity index (χ3n) is 2.78. The van der Waals surface area contributed by atoms with E-state index in [4.69, 9.17) is 0 Å². The lowest BCUT2D eigenvalue weighted by atomic mass is 10.2. The maximum atomic E-state index is 11.7. The second-order valence-electron chi connectivity index (χ2n) is 4.75. The minimum absolute atomic E-state index is 0.312. The molecule has 1 aromatic heterocycles. The first-order valence-electron chi connectivity index (χ1n) is 6.52. The van der Waals surface area contributed by atoms with Crippen LogP contribution in [-0.4, -0.2) is 28.3 Å². The van der Waals surface area contributed by atoms with Crippen LogP contribution in [0.2, 0.25) is 0 Å². The molecule has 0 unspecified atom stereocenters. The van der Waals surface area contributed by atoms with Crippen LogP contribution in [0.15, 0.2) is 30.3 Å². The quantitative estimate of drug-likeness (QED) is 0.873. The van der Waals surface area contributed by atoms with Crippen molar-refractivity contribution in [2.24, 2.45) is 0 Å². The van der Waals surface area contributed by atoms with Gasteiger partial charge in [0, 0.05) is 13.0 Å². The summed E-state index contributed by atoms with van der Waals surface area (Å²) in [6.07, 6.45) is 0. The molecule has 6 heteroatoms. The molecule has 0 aliphatic carbocycles. The number of nitrogens with one attached hydrogen (secondary N) is 1. The summed E-state index contributed by atoms with van der Waals surface area (Å²) in [5, 5.41) is 7.04. The maximum Gasteiger partial charge on any atom is 0.303 e. The topological polar surface area (TPSA) is 73.2 Å². The molecule has 0 radical (unpaired) electrons. The summed E-state index contributed by atoms with van der Waals surface area (Å²) in [5.74, 6) is -0.361. The Balaban J connectivity index is 2.19. The molecule has 110 valence electrons. The average Bonchev–Trinajstić information content (AvgIpc) is 2.78. The lowest BCUT2D eigenvalue weighted by Crippen LogP contribution is -2.21. The highest BCUT2D eigenvalue weighted by Gasteiger charge is 2.11. The number of hydrogen-bond acceptors (Lipinski definition) is 4. The highest BCUT2D eigenvalue weighted by Crippen LogP contribution is 2.17. The predicted molar refractivity (Wildman–Crippen MR) is 78.3 cm³/mol. The van der Waals surface area contributed by atoms with E-state index in [1.165, 1.54) is 6.92 Å². The molecule has 0 saturated carbocycles. The van der Waals surface area contributed by atoms with E-state index < -0.39 is 11.9 Å². The van der Waals surface area contributed by atoms with Crippen LogP contribution in [0.25, 0.3) is 5.69 Å². The SMILES string of the molecule is CC(=O)OCC(=O)Nc1cc(C)nn1-c1ccc(C)cc1. The Kier molecular flexibility index (Phi) is 4.37. The average molecular weight is 287 g/mol. The van der Waals surface area contributed by atoms with Gasteiger partial charge in [-0.3, -0.25) is 9.59 Å². The van der Waals surface area contributed by atoms with Crippen LogP contribution < -0.4 is 5.32 Å². The molecule has 1 amide bonds. The van der Waals surface area contributed by atoms with E-state index in [0.29, 0.717) is 5.82 Å². The van der Waals surface area contributed by atoms with E-state index in [0.717, 1.165) is 16.9 Å². The van der Waals surface area contributed by atoms with Crippen molar-refractivity contribution in [1.29, 1.82) is 0 Å². The third-order valence-corrected chi connectivity index (χ3v) is 2.78. The Bertz CT molecular complexity index is 659. The van der Waals surface area contributed by atoms with Crippen molar-refractivity contribution in [2.45, 2.75) is 20.8 Å². The van der Waals surface area contributed by atoms with E-state index in [9.17, 15) is 9.59 Å². The van der Waals surface area contributed by atoms with Crippen LogP contribution in [0.3, 0.4) is 0 Å². The zero-order valence-corrected chi connectivity index (χ0v) is 12.2. The van der Waals surface area contributed by atoms with Gasteiger partial charge < -0.3 is 10.1 Å². The molecule has 6 nitrogen and oxygen atoms in total. The van der Waals surface area contributed by atoms with Crippen LogP contribution in [0.1, 0.15) is 18.2 Å². The molecular weight excluding hydrogens is 270 g/mol. The molecular formula is C15H17N3O3. The normalized spacial score (nSPS) is 10.2. The van der Waals surface area contributed by atoms with Gasteiger partial charge in [-0.15, -0.1) is 0 Å². The van der Waals surface area contributed by atoms with E-state index in [-0.39, 0.29) is 6.61 Å². The molecule has 21 heavy (non-hydrogen) atoms. The maximum absolute atomic E-state index is 11.7. The van der Waals surface area contributed by atoms with Gasteiger partial charge in [-0.2, -0.15) is 5.10 Å². The Morgan fingerprint density at radius 2 is 1.90 bits per heavy atom. The largest absolute Gasteiger partial charge is 0.456 e. The summed E-state index contributed by atoms with van der Waals surface area (Å²) < 4.78 is 6.30. The molecule has 2 aromatic rings. The van der Waals surface area contributed by atoms with Gasteiger partial charge in [0.2, 0.25) is 0 Å². The fourth-order valence-electron chi connectivity index (χ4n) is 1.82. The summed E-state index contributed by atoms with van der Waals surface area (Å²) in [6.45, 7) is 4.79. The number of carbonyl (C=O) groups is 2. The molecule has 1 aromatic carbocycles. The molecule has 1 heterocycles. The minimum atomic E-state index is -0.492. The number of esters is 1. The van der Waals surface area contributed by atoms with Crippen LogP contribution in [-0.2, 0) is 14.3 Å². The van der Waals surface area contributed by atoms with E-state index in [1.807, 2.05) is 38.1 Å². The Morgan fingerprint density at radius 3 is 2.52 bits per heavy atom. The number of anilines is 1. The molecule has 0 saturated heterocycles. The van der Waals surface area contributed by atoms with Gasteiger partial charge in [0.15, 0.2) is 6.61 Å². The van der Waals surface area contributed by atoms with Gasteiger partial charge in [0.25, 0.3) is 5.91 Å². The van der Waals surface area contributed by atoms with Gasteiger partial charge in [0.1, 0.15) is 5.82 Å². The van der Waals surface area contributed by atoms with Gasteiger partial charge in [-0.1, -0.05) is 17.7 Å². The smallest absolute Gasteiger partial charge is 0.303 e. The Labute approximate surface area is 122 Å². The Hall–Kier alpha value is -2.63. The minimum Gasteiger partial charge on any atom is -0.456 e. The summed E-state index contributed by atoms with van der Waals surface area (Å²) >= 11 is 0. The Morgan fingerprint density at radius 1 is 1.24 bits per heavy atom. The van der Waals surface area contributed by atoms with Gasteiger partial charge in [-0.25, -0.2) is 4.68 Å². The first-order valence-corrected chi connectivity index (χ1v) is 6.52. The number of rotatable bonds is 4. The summed E-state index contributed by atoms with van der Waals surface area (Å²) in [5.41, 5.74) is 2.76. The van der Waals surface area contributed by atoms with E-state index >= 15 is 0 Å². The van der Waals surface area contributed by atoms with Crippen LogP contribution in [0, 0.1) is 13.8 Å². The number of hydrogen-bond donors (Lipinski definition) is 1. The van der Waals surface area contributed by atoms with Crippen LogP contribution in [0.4, 0.5) is 5.82 Å². The molecule has 0 atom stereocenters. The van der Waals surface area contributed by atoms with Gasteiger partial charge in [0.05, 0.1) is 11.4 Å². The van der Waals surface area contributed by atoms with E-state index in [1.54, 1.807) is 10.7 Å². The van der Waals surface area contributed by atoms with Crippen molar-refractivity contribution >= 4 is 17.7 Å². The monoisotopic (exact) mass is 287 g/mol. The number of amides is 1. The zero-order chi connectivity index (χ0) is 15.4. The number of carbonyl (C=O) groups excluding carboxylic acids is 2. The van der Waals surface area contributed by atoms with Crippen molar-refractivity contribution in [3.8, 4) is 5.69 Å². The lowest BCUT2D eigenvalue weighted by Gasteiger charge is -2.09. The van der Waals surface area contributed by atoms with Crippen LogP contribution in [0.5, 0.6) is 0 Å². The highest BCUT2D eigenvalue weighted by atomic mass is 16.5. The number of aryl methyl sites for hydroxylation is 2. The van der Waals surface area contributed by atoms with Crippen molar-refractivity contribution in [3.05, 3.63) is 41.6 Å². The predicted octanol–water partition coefficient (Wildman–Crippen LogP) is 1.99. The summed E-state index contributed by atoms with van der Waals surface area (Å²) in [7, 11) is 0. The van der Waals surface area contributed by atoms with Gasteiger partial charge >= 0.3 is 5.97 Å². The molecule has 0 spiro atoms. The first kappa shape index (κ1) is 14.8. The first-order chi connectivity index (χ1) is 9.95. The summed E-state index contributed by atoms with van der Waals surface area (Å²) in [4.78, 5) is 22.4. The highest BCUT2D eigenvalue weighted by molar-refractivity contribution is 5.92.